The van der Waals surface area contributed by atoms with Crippen molar-refractivity contribution in [2.45, 2.75) is 6.92 Å². The number of rotatable bonds is 2. The molecule has 11 heavy (non-hydrogen) atoms. The number of ether oxygens (including phenoxy) is 1. The molecule has 0 radical (unpaired) electrons. The van der Waals surface area contributed by atoms with Gasteiger partial charge in [0.15, 0.2) is 0 Å². The highest BCUT2D eigenvalue weighted by atomic mass is 16.5. The van der Waals surface area contributed by atoms with Crippen molar-refractivity contribution in [3.8, 4) is 5.88 Å². The molecule has 4 nitrogen and oxygen atoms in total. The third-order valence-corrected chi connectivity index (χ3v) is 1.30. The molecule has 0 saturated heterocycles. The zero-order valence-electron chi connectivity index (χ0n) is 6.59. The van der Waals surface area contributed by atoms with Crippen molar-refractivity contribution in [3.05, 3.63) is 17.7 Å². The van der Waals surface area contributed by atoms with Gasteiger partial charge in [0.05, 0.1) is 7.11 Å². The van der Waals surface area contributed by atoms with Crippen LogP contribution in [0.15, 0.2) is 12.1 Å². The third-order valence-electron chi connectivity index (χ3n) is 1.30. The Morgan fingerprint density at radius 2 is 2.27 bits per heavy atom. The lowest BCUT2D eigenvalue weighted by molar-refractivity contribution is 0.398. The molecule has 1 aromatic heterocycles. The molecule has 0 aliphatic heterocycles. The summed E-state index contributed by atoms with van der Waals surface area (Å²) in [5, 5.41) is 0. The third kappa shape index (κ3) is 1.81. The molecule has 60 valence electrons. The van der Waals surface area contributed by atoms with Gasteiger partial charge in [-0.1, -0.05) is 0 Å². The summed E-state index contributed by atoms with van der Waals surface area (Å²) in [7, 11) is 1.57. The molecule has 0 aliphatic carbocycles. The predicted octanol–water partition coefficient (Wildman–Crippen LogP) is 0.684. The van der Waals surface area contributed by atoms with Gasteiger partial charge in [-0.3, -0.25) is 0 Å². The number of nitrogen functional groups attached to an aromatic ring is 1. The van der Waals surface area contributed by atoms with E-state index >= 15 is 0 Å². The van der Waals surface area contributed by atoms with Crippen molar-refractivity contribution in [3.63, 3.8) is 0 Å². The summed E-state index contributed by atoms with van der Waals surface area (Å²) in [5.74, 6) is 6.35. The van der Waals surface area contributed by atoms with Gasteiger partial charge in [0.2, 0.25) is 5.88 Å². The maximum absolute atomic E-state index is 5.17. The largest absolute Gasteiger partial charge is 0.481 e. The highest BCUT2D eigenvalue weighted by Crippen LogP contribution is 2.13. The number of nitrogens with two attached hydrogens (primary N) is 1. The molecule has 0 aromatic carbocycles. The van der Waals surface area contributed by atoms with Gasteiger partial charge >= 0.3 is 0 Å². The zero-order valence-corrected chi connectivity index (χ0v) is 6.59. The van der Waals surface area contributed by atoms with E-state index in [1.807, 2.05) is 19.1 Å². The van der Waals surface area contributed by atoms with Gasteiger partial charge in [0.25, 0.3) is 0 Å². The van der Waals surface area contributed by atoms with Crippen LogP contribution in [0, 0.1) is 6.92 Å². The number of methoxy groups -OCH3 is 1. The number of hydrogen-bond acceptors (Lipinski definition) is 4. The molecule has 0 atom stereocenters. The lowest BCUT2D eigenvalue weighted by Gasteiger charge is -2.03. The topological polar surface area (TPSA) is 60.2 Å². The van der Waals surface area contributed by atoms with E-state index < -0.39 is 0 Å². The van der Waals surface area contributed by atoms with Crippen molar-refractivity contribution in [2.75, 3.05) is 12.5 Å². The fraction of sp³-hybridized carbons (Fsp3) is 0.286. The van der Waals surface area contributed by atoms with E-state index in [1.165, 1.54) is 0 Å². The summed E-state index contributed by atoms with van der Waals surface area (Å²) >= 11 is 0. The van der Waals surface area contributed by atoms with E-state index in [-0.39, 0.29) is 0 Å². The van der Waals surface area contributed by atoms with Gasteiger partial charge in [-0.2, -0.15) is 4.98 Å². The smallest absolute Gasteiger partial charge is 0.215 e. The van der Waals surface area contributed by atoms with Crippen LogP contribution < -0.4 is 16.0 Å². The van der Waals surface area contributed by atoms with Crippen LogP contribution in [-0.2, 0) is 0 Å². The number of aromatic nitrogens is 1. The molecule has 0 fully saturated rings. The molecule has 1 heterocycles. The summed E-state index contributed by atoms with van der Waals surface area (Å²) in [6.45, 7) is 1.95. The standard InChI is InChI=1S/C7H11N3O/c1-5-3-6(10-8)9-7(4-5)11-2/h3-4H,8H2,1-2H3,(H,9,10). The van der Waals surface area contributed by atoms with Crippen LogP contribution in [0.1, 0.15) is 5.56 Å². The Labute approximate surface area is 65.4 Å². The van der Waals surface area contributed by atoms with Gasteiger partial charge < -0.3 is 10.2 Å². The second-order valence-electron chi connectivity index (χ2n) is 2.22. The summed E-state index contributed by atoms with van der Waals surface area (Å²) in [5.41, 5.74) is 3.51. The maximum atomic E-state index is 5.17. The Bertz CT molecular complexity index is 227. The van der Waals surface area contributed by atoms with Gasteiger partial charge in [-0.15, -0.1) is 0 Å². The number of hydrogen-bond donors (Lipinski definition) is 2. The monoisotopic (exact) mass is 153 g/mol. The Balaban J connectivity index is 3.02. The number of aryl methyl sites for hydroxylation is 1. The summed E-state index contributed by atoms with van der Waals surface area (Å²) in [6, 6.07) is 3.67. The van der Waals surface area contributed by atoms with Crippen LogP contribution in [-0.4, -0.2) is 12.1 Å². The van der Waals surface area contributed by atoms with Crippen molar-refractivity contribution in [1.29, 1.82) is 0 Å². The van der Waals surface area contributed by atoms with Crippen LogP contribution in [0.25, 0.3) is 0 Å². The average molecular weight is 153 g/mol. The van der Waals surface area contributed by atoms with Crippen LogP contribution in [0.3, 0.4) is 0 Å². The van der Waals surface area contributed by atoms with Gasteiger partial charge in [-0.05, 0) is 18.6 Å². The molecule has 3 N–H and O–H groups in total. The van der Waals surface area contributed by atoms with E-state index in [2.05, 4.69) is 10.4 Å². The average Bonchev–Trinajstić information content (AvgIpc) is 2.03. The molecule has 0 spiro atoms. The first-order valence-electron chi connectivity index (χ1n) is 3.25. The van der Waals surface area contributed by atoms with Crippen LogP contribution in [0.4, 0.5) is 5.82 Å². The highest BCUT2D eigenvalue weighted by Gasteiger charge is 1.96. The molecular weight excluding hydrogens is 142 g/mol. The SMILES string of the molecule is COc1cc(C)cc(NN)n1. The normalized spacial score (nSPS) is 9.36. The van der Waals surface area contributed by atoms with Gasteiger partial charge in [0.1, 0.15) is 5.82 Å². The van der Waals surface area contributed by atoms with Crippen molar-refractivity contribution >= 4 is 5.82 Å². The Kier molecular flexibility index (Phi) is 2.28. The van der Waals surface area contributed by atoms with Crippen LogP contribution >= 0.6 is 0 Å². The molecule has 0 saturated carbocycles. The maximum Gasteiger partial charge on any atom is 0.215 e. The first-order chi connectivity index (χ1) is 5.26. The Morgan fingerprint density at radius 3 is 2.82 bits per heavy atom. The first kappa shape index (κ1) is 7.81. The minimum absolute atomic E-state index is 0.568. The number of hydrazine groups is 1. The molecule has 1 rings (SSSR count). The minimum atomic E-state index is 0.568. The second kappa shape index (κ2) is 3.21. The summed E-state index contributed by atoms with van der Waals surface area (Å²) < 4.78 is 4.93. The number of pyridine rings is 1. The van der Waals surface area contributed by atoms with E-state index in [0.29, 0.717) is 11.7 Å². The number of nitrogens with one attached hydrogen (secondary N) is 1. The predicted molar refractivity (Wildman–Crippen MR) is 43.3 cm³/mol. The zero-order chi connectivity index (χ0) is 8.27. The summed E-state index contributed by atoms with van der Waals surface area (Å²) in [4.78, 5) is 4.01. The molecular formula is C7H11N3O. The summed E-state index contributed by atoms with van der Waals surface area (Å²) in [6.07, 6.45) is 0. The molecule has 0 bridgehead atoms. The lowest BCUT2D eigenvalue weighted by Crippen LogP contribution is -2.08. The first-order valence-corrected chi connectivity index (χ1v) is 3.25. The quantitative estimate of drug-likeness (QED) is 0.484. The molecule has 4 heteroatoms. The Morgan fingerprint density at radius 1 is 1.55 bits per heavy atom. The molecule has 1 aromatic rings. The van der Waals surface area contributed by atoms with E-state index in [9.17, 15) is 0 Å². The molecule has 0 amide bonds. The number of anilines is 1. The van der Waals surface area contributed by atoms with E-state index in [1.54, 1.807) is 7.11 Å². The minimum Gasteiger partial charge on any atom is -0.481 e. The fourth-order valence-corrected chi connectivity index (χ4v) is 0.814. The van der Waals surface area contributed by atoms with Crippen molar-refractivity contribution < 1.29 is 4.74 Å². The van der Waals surface area contributed by atoms with Gasteiger partial charge in [0, 0.05) is 6.07 Å². The fourth-order valence-electron chi connectivity index (χ4n) is 0.814. The number of nitrogens with zero attached hydrogens (tertiary/aromatic N) is 1. The molecule has 0 unspecified atom stereocenters. The van der Waals surface area contributed by atoms with E-state index in [4.69, 9.17) is 10.6 Å². The Hall–Kier alpha value is -1.29. The van der Waals surface area contributed by atoms with Crippen molar-refractivity contribution in [2.24, 2.45) is 5.84 Å². The highest BCUT2D eigenvalue weighted by molar-refractivity contribution is 5.39. The van der Waals surface area contributed by atoms with E-state index in [0.717, 1.165) is 5.56 Å². The lowest BCUT2D eigenvalue weighted by atomic mass is 10.3. The second-order valence-corrected chi connectivity index (χ2v) is 2.22. The van der Waals surface area contributed by atoms with Crippen LogP contribution in [0.2, 0.25) is 0 Å². The van der Waals surface area contributed by atoms with Crippen molar-refractivity contribution in [1.82, 2.24) is 4.98 Å². The van der Waals surface area contributed by atoms with Gasteiger partial charge in [-0.25, -0.2) is 5.84 Å². The molecule has 0 aliphatic rings. The van der Waals surface area contributed by atoms with Crippen LogP contribution in [0.5, 0.6) is 5.88 Å².